The average Bonchev–Trinajstić information content (AvgIpc) is 2.91. The maximum absolute atomic E-state index is 10.4. The Kier molecular flexibility index (Phi) is 7.28. The minimum atomic E-state index is -0.496. The Hall–Kier alpha value is -1.36. The monoisotopic (exact) mass is 347 g/mol. The van der Waals surface area contributed by atoms with E-state index in [0.29, 0.717) is 19.1 Å². The van der Waals surface area contributed by atoms with E-state index in [2.05, 4.69) is 37.8 Å². The van der Waals surface area contributed by atoms with Gasteiger partial charge in [0.25, 0.3) is 0 Å². The topological polar surface area (TPSA) is 32.7 Å². The zero-order valence-electron chi connectivity index (χ0n) is 15.2. The van der Waals surface area contributed by atoms with E-state index < -0.39 is 6.10 Å². The molecule has 24 heavy (non-hydrogen) atoms. The smallest absolute Gasteiger partial charge is 0.122 e. The van der Waals surface area contributed by atoms with Crippen molar-refractivity contribution in [2.24, 2.45) is 5.92 Å². The van der Waals surface area contributed by atoms with E-state index in [1.54, 1.807) is 0 Å². The van der Waals surface area contributed by atoms with Gasteiger partial charge < -0.3 is 9.84 Å². The van der Waals surface area contributed by atoms with E-state index >= 15 is 0 Å². The minimum absolute atomic E-state index is 0.322. The molecule has 1 atom stereocenters. The quantitative estimate of drug-likeness (QED) is 0.735. The van der Waals surface area contributed by atoms with Gasteiger partial charge in [0.2, 0.25) is 0 Å². The molecule has 0 amide bonds. The van der Waals surface area contributed by atoms with Gasteiger partial charge in [0.15, 0.2) is 0 Å². The largest absolute Gasteiger partial charge is 0.491 e. The third kappa shape index (κ3) is 6.27. The van der Waals surface area contributed by atoms with Crippen LogP contribution in [0.5, 0.6) is 5.75 Å². The fourth-order valence-electron chi connectivity index (χ4n) is 2.77. The van der Waals surface area contributed by atoms with Crippen molar-refractivity contribution in [3.8, 4) is 5.75 Å². The summed E-state index contributed by atoms with van der Waals surface area (Å²) in [7, 11) is 0. The molecule has 0 radical (unpaired) electrons. The standard InChI is InChI=1S/C20H29NO2S/c1-15(2)11-21(13-19-10-9-17(4)24-19)12-18(22)14-23-20-8-6-5-7-16(20)3/h5-10,15,18,22H,11-14H2,1-4H3. The fraction of sp³-hybridized carbons (Fsp3) is 0.500. The van der Waals surface area contributed by atoms with Gasteiger partial charge in [-0.2, -0.15) is 0 Å². The molecule has 0 saturated carbocycles. The maximum Gasteiger partial charge on any atom is 0.122 e. The van der Waals surface area contributed by atoms with Crippen LogP contribution in [0.1, 0.15) is 29.2 Å². The molecular formula is C20H29NO2S. The molecule has 1 aromatic carbocycles. The van der Waals surface area contributed by atoms with Crippen molar-refractivity contribution in [3.05, 3.63) is 51.7 Å². The molecular weight excluding hydrogens is 318 g/mol. The predicted octanol–water partition coefficient (Wildman–Crippen LogP) is 4.26. The number of nitrogens with zero attached hydrogens (tertiary/aromatic N) is 1. The summed E-state index contributed by atoms with van der Waals surface area (Å²) in [5.41, 5.74) is 1.10. The molecule has 0 saturated heterocycles. The highest BCUT2D eigenvalue weighted by atomic mass is 32.1. The number of para-hydroxylation sites is 1. The Morgan fingerprint density at radius 3 is 2.46 bits per heavy atom. The van der Waals surface area contributed by atoms with Gasteiger partial charge in [-0.1, -0.05) is 32.0 Å². The first-order valence-corrected chi connectivity index (χ1v) is 9.40. The molecule has 0 spiro atoms. The molecule has 2 rings (SSSR count). The van der Waals surface area contributed by atoms with Gasteiger partial charge in [-0.3, -0.25) is 4.90 Å². The van der Waals surface area contributed by atoms with Crippen molar-refractivity contribution in [1.29, 1.82) is 0 Å². The Balaban J connectivity index is 1.89. The van der Waals surface area contributed by atoms with Crippen molar-refractivity contribution in [2.75, 3.05) is 19.7 Å². The zero-order valence-corrected chi connectivity index (χ0v) is 16.0. The van der Waals surface area contributed by atoms with Crippen LogP contribution in [-0.4, -0.2) is 35.8 Å². The molecule has 0 bridgehead atoms. The number of aliphatic hydroxyl groups excluding tert-OH is 1. The first-order valence-electron chi connectivity index (χ1n) is 8.58. The van der Waals surface area contributed by atoms with Crippen molar-refractivity contribution < 1.29 is 9.84 Å². The van der Waals surface area contributed by atoms with Gasteiger partial charge in [0.05, 0.1) is 0 Å². The second-order valence-electron chi connectivity index (χ2n) is 6.83. The molecule has 0 fully saturated rings. The summed E-state index contributed by atoms with van der Waals surface area (Å²) in [5, 5.41) is 10.4. The Morgan fingerprint density at radius 1 is 1.08 bits per heavy atom. The van der Waals surface area contributed by atoms with Gasteiger partial charge in [-0.05, 0) is 43.5 Å². The molecule has 4 heteroatoms. The van der Waals surface area contributed by atoms with Gasteiger partial charge >= 0.3 is 0 Å². The molecule has 1 unspecified atom stereocenters. The molecule has 0 aliphatic carbocycles. The van der Waals surface area contributed by atoms with Crippen LogP contribution in [0.2, 0.25) is 0 Å². The lowest BCUT2D eigenvalue weighted by Gasteiger charge is -2.26. The lowest BCUT2D eigenvalue weighted by atomic mass is 10.2. The lowest BCUT2D eigenvalue weighted by Crippen LogP contribution is -2.37. The second-order valence-corrected chi connectivity index (χ2v) is 8.20. The van der Waals surface area contributed by atoms with Crippen LogP contribution in [0.4, 0.5) is 0 Å². The zero-order chi connectivity index (χ0) is 17.5. The Labute approximate surface area is 149 Å². The summed E-state index contributed by atoms with van der Waals surface area (Å²) in [4.78, 5) is 5.00. The third-order valence-corrected chi connectivity index (χ3v) is 4.78. The van der Waals surface area contributed by atoms with Crippen molar-refractivity contribution in [2.45, 2.75) is 40.3 Å². The van der Waals surface area contributed by atoms with E-state index in [4.69, 9.17) is 4.74 Å². The predicted molar refractivity (Wildman–Crippen MR) is 102 cm³/mol. The summed E-state index contributed by atoms with van der Waals surface area (Å²) in [6.45, 7) is 11.4. The number of ether oxygens (including phenoxy) is 1. The minimum Gasteiger partial charge on any atom is -0.491 e. The number of aliphatic hydroxyl groups is 1. The van der Waals surface area contributed by atoms with Crippen LogP contribution in [0.15, 0.2) is 36.4 Å². The van der Waals surface area contributed by atoms with Gasteiger partial charge in [-0.25, -0.2) is 0 Å². The van der Waals surface area contributed by atoms with E-state index in [1.807, 2.05) is 42.5 Å². The van der Waals surface area contributed by atoms with Crippen LogP contribution in [0.25, 0.3) is 0 Å². The highest BCUT2D eigenvalue weighted by Gasteiger charge is 2.15. The summed E-state index contributed by atoms with van der Waals surface area (Å²) < 4.78 is 5.78. The number of thiophene rings is 1. The van der Waals surface area contributed by atoms with Crippen LogP contribution >= 0.6 is 11.3 Å². The number of aryl methyl sites for hydroxylation is 2. The van der Waals surface area contributed by atoms with Crippen molar-refractivity contribution >= 4 is 11.3 Å². The maximum atomic E-state index is 10.4. The fourth-order valence-corrected chi connectivity index (χ4v) is 3.70. The van der Waals surface area contributed by atoms with Gasteiger partial charge in [0.1, 0.15) is 18.5 Å². The van der Waals surface area contributed by atoms with E-state index in [1.165, 1.54) is 9.75 Å². The number of rotatable bonds is 9. The summed E-state index contributed by atoms with van der Waals surface area (Å²) in [5.74, 6) is 1.41. The Morgan fingerprint density at radius 2 is 1.83 bits per heavy atom. The number of hydrogen-bond donors (Lipinski definition) is 1. The van der Waals surface area contributed by atoms with Crippen LogP contribution in [0.3, 0.4) is 0 Å². The lowest BCUT2D eigenvalue weighted by molar-refractivity contribution is 0.0616. The van der Waals surface area contributed by atoms with E-state index in [-0.39, 0.29) is 0 Å². The van der Waals surface area contributed by atoms with Gasteiger partial charge in [0, 0.05) is 29.4 Å². The van der Waals surface area contributed by atoms with Crippen LogP contribution in [-0.2, 0) is 6.54 Å². The number of hydrogen-bond acceptors (Lipinski definition) is 4. The highest BCUT2D eigenvalue weighted by Crippen LogP contribution is 2.19. The summed E-state index contributed by atoms with van der Waals surface area (Å²) >= 11 is 1.83. The van der Waals surface area contributed by atoms with Crippen LogP contribution < -0.4 is 4.74 Å². The van der Waals surface area contributed by atoms with Crippen molar-refractivity contribution in [1.82, 2.24) is 4.90 Å². The molecule has 1 heterocycles. The molecule has 1 aromatic heterocycles. The van der Waals surface area contributed by atoms with E-state index in [0.717, 1.165) is 24.4 Å². The highest BCUT2D eigenvalue weighted by molar-refractivity contribution is 7.11. The molecule has 1 N–H and O–H groups in total. The third-order valence-electron chi connectivity index (χ3n) is 3.79. The first-order chi connectivity index (χ1) is 11.4. The first kappa shape index (κ1) is 19.0. The summed E-state index contributed by atoms with van der Waals surface area (Å²) in [6.07, 6.45) is -0.496. The van der Waals surface area contributed by atoms with Crippen molar-refractivity contribution in [3.63, 3.8) is 0 Å². The van der Waals surface area contributed by atoms with Crippen LogP contribution in [0, 0.1) is 19.8 Å². The van der Waals surface area contributed by atoms with E-state index in [9.17, 15) is 5.11 Å². The summed E-state index contributed by atoms with van der Waals surface area (Å²) in [6, 6.07) is 12.3. The normalized spacial score (nSPS) is 12.8. The molecule has 2 aromatic rings. The SMILES string of the molecule is Cc1ccc(CN(CC(C)C)CC(O)COc2ccccc2C)s1. The molecule has 3 nitrogen and oxygen atoms in total. The molecule has 132 valence electrons. The van der Waals surface area contributed by atoms with Gasteiger partial charge in [-0.15, -0.1) is 11.3 Å². The molecule has 0 aliphatic rings. The second kappa shape index (κ2) is 9.21. The molecule has 0 aliphatic heterocycles. The Bertz CT molecular complexity index is 624. The number of benzene rings is 1. The average molecular weight is 348 g/mol.